The number of aryl methyl sites for hydroxylation is 1. The zero-order valence-electron chi connectivity index (χ0n) is 13.8. The van der Waals surface area contributed by atoms with Gasteiger partial charge in [0.1, 0.15) is 0 Å². The number of amides is 1. The summed E-state index contributed by atoms with van der Waals surface area (Å²) in [6.07, 6.45) is 2.45. The van der Waals surface area contributed by atoms with Crippen molar-refractivity contribution in [1.82, 2.24) is 10.2 Å². The largest absolute Gasteiger partial charge is 0.347 e. The molecule has 4 heterocycles. The van der Waals surface area contributed by atoms with Crippen molar-refractivity contribution in [3.8, 4) is 0 Å². The Balaban J connectivity index is 1.40. The van der Waals surface area contributed by atoms with E-state index >= 15 is 0 Å². The molecule has 1 aromatic carbocycles. The van der Waals surface area contributed by atoms with E-state index in [0.29, 0.717) is 12.0 Å². The Labute approximate surface area is 151 Å². The van der Waals surface area contributed by atoms with Gasteiger partial charge in [-0.25, -0.2) is 0 Å². The highest BCUT2D eigenvalue weighted by Gasteiger charge is 2.35. The van der Waals surface area contributed by atoms with Crippen molar-refractivity contribution in [2.45, 2.75) is 34.9 Å². The van der Waals surface area contributed by atoms with Crippen molar-refractivity contribution in [3.05, 3.63) is 46.8 Å². The van der Waals surface area contributed by atoms with Crippen molar-refractivity contribution in [2.75, 3.05) is 19.6 Å². The van der Waals surface area contributed by atoms with E-state index in [2.05, 4.69) is 47.5 Å². The molecule has 0 saturated carbocycles. The number of carbonyl (C=O) groups is 1. The SMILES string of the molecule is Cc1cccc(Sc2ccc(C(=O)NC3CN4CCC3CC4)s2)c1. The van der Waals surface area contributed by atoms with Gasteiger partial charge in [-0.05, 0) is 63.0 Å². The van der Waals surface area contributed by atoms with E-state index in [1.807, 2.05) is 6.07 Å². The fourth-order valence-corrected chi connectivity index (χ4v) is 5.79. The number of benzene rings is 1. The van der Waals surface area contributed by atoms with Gasteiger partial charge in [-0.15, -0.1) is 11.3 Å². The van der Waals surface area contributed by atoms with Gasteiger partial charge in [0.15, 0.2) is 0 Å². The topological polar surface area (TPSA) is 32.3 Å². The summed E-state index contributed by atoms with van der Waals surface area (Å²) in [7, 11) is 0. The summed E-state index contributed by atoms with van der Waals surface area (Å²) in [6.45, 7) is 5.53. The molecule has 3 aliphatic rings. The molecular weight excluding hydrogens is 336 g/mol. The Bertz CT molecular complexity index is 734. The molecule has 1 aromatic heterocycles. The second-order valence-electron chi connectivity index (χ2n) is 6.76. The van der Waals surface area contributed by atoms with E-state index in [9.17, 15) is 4.79 Å². The third-order valence-corrected chi connectivity index (χ3v) is 7.19. The molecule has 0 spiro atoms. The van der Waals surface area contributed by atoms with Crippen LogP contribution in [0.4, 0.5) is 0 Å². The molecule has 5 rings (SSSR count). The monoisotopic (exact) mass is 358 g/mol. The summed E-state index contributed by atoms with van der Waals surface area (Å²) >= 11 is 3.32. The Kier molecular flexibility index (Phi) is 4.66. The number of carbonyl (C=O) groups excluding carboxylic acids is 1. The van der Waals surface area contributed by atoms with E-state index in [1.165, 1.54) is 40.6 Å². The Morgan fingerprint density at radius 3 is 2.79 bits per heavy atom. The molecule has 5 heteroatoms. The van der Waals surface area contributed by atoms with Crippen LogP contribution in [0.1, 0.15) is 28.1 Å². The highest BCUT2D eigenvalue weighted by Crippen LogP contribution is 2.34. The Hall–Kier alpha value is -1.30. The first-order valence-corrected chi connectivity index (χ1v) is 10.2. The summed E-state index contributed by atoms with van der Waals surface area (Å²) in [5.74, 6) is 0.759. The number of nitrogens with zero attached hydrogens (tertiary/aromatic N) is 1. The van der Waals surface area contributed by atoms with Crippen LogP contribution in [0.3, 0.4) is 0 Å². The number of fused-ring (bicyclic) bond motifs is 3. The molecule has 3 saturated heterocycles. The minimum absolute atomic E-state index is 0.0924. The Morgan fingerprint density at radius 2 is 2.08 bits per heavy atom. The second-order valence-corrected chi connectivity index (χ2v) is 9.21. The van der Waals surface area contributed by atoms with Crippen LogP contribution in [0.25, 0.3) is 0 Å². The lowest BCUT2D eigenvalue weighted by Gasteiger charge is -2.44. The lowest BCUT2D eigenvalue weighted by Crippen LogP contribution is -2.57. The predicted molar refractivity (Wildman–Crippen MR) is 100 cm³/mol. The fourth-order valence-electron chi connectivity index (χ4n) is 3.66. The van der Waals surface area contributed by atoms with Crippen molar-refractivity contribution in [1.29, 1.82) is 0 Å². The minimum atomic E-state index is 0.0924. The summed E-state index contributed by atoms with van der Waals surface area (Å²) in [5, 5.41) is 3.27. The van der Waals surface area contributed by atoms with Gasteiger partial charge in [-0.2, -0.15) is 0 Å². The van der Waals surface area contributed by atoms with Gasteiger partial charge in [0.25, 0.3) is 5.91 Å². The molecule has 3 nitrogen and oxygen atoms in total. The molecule has 0 aliphatic carbocycles. The predicted octanol–water partition coefficient (Wildman–Crippen LogP) is 4.03. The van der Waals surface area contributed by atoms with Gasteiger partial charge < -0.3 is 10.2 Å². The maximum Gasteiger partial charge on any atom is 0.261 e. The van der Waals surface area contributed by atoms with E-state index in [4.69, 9.17) is 0 Å². The van der Waals surface area contributed by atoms with E-state index in [0.717, 1.165) is 11.4 Å². The first-order valence-electron chi connectivity index (χ1n) is 8.55. The van der Waals surface area contributed by atoms with Gasteiger partial charge >= 0.3 is 0 Å². The molecule has 126 valence electrons. The molecule has 2 aromatic rings. The molecule has 3 fully saturated rings. The third kappa shape index (κ3) is 3.53. The molecular formula is C19H22N2OS2. The van der Waals surface area contributed by atoms with Gasteiger partial charge in [0, 0.05) is 17.5 Å². The standard InChI is InChI=1S/C19H22N2OS2/c1-13-3-2-4-15(11-13)23-18-6-5-17(24-18)19(22)20-16-12-21-9-7-14(16)8-10-21/h2-6,11,14,16H,7-10,12H2,1H3,(H,20,22). The van der Waals surface area contributed by atoms with E-state index in [1.54, 1.807) is 23.1 Å². The first kappa shape index (κ1) is 16.2. The summed E-state index contributed by atoms with van der Waals surface area (Å²) in [5.41, 5.74) is 1.26. The van der Waals surface area contributed by atoms with Gasteiger partial charge in [0.2, 0.25) is 0 Å². The molecule has 3 aliphatic heterocycles. The van der Waals surface area contributed by atoms with E-state index < -0.39 is 0 Å². The number of hydrogen-bond acceptors (Lipinski definition) is 4. The van der Waals surface area contributed by atoms with Crippen LogP contribution in [0, 0.1) is 12.8 Å². The molecule has 1 unspecified atom stereocenters. The average Bonchev–Trinajstić information content (AvgIpc) is 3.05. The zero-order valence-corrected chi connectivity index (χ0v) is 15.5. The molecule has 24 heavy (non-hydrogen) atoms. The summed E-state index contributed by atoms with van der Waals surface area (Å²) in [4.78, 5) is 17.1. The van der Waals surface area contributed by atoms with Crippen molar-refractivity contribution in [2.24, 2.45) is 5.92 Å². The molecule has 1 amide bonds. The van der Waals surface area contributed by atoms with Crippen LogP contribution in [0.2, 0.25) is 0 Å². The van der Waals surface area contributed by atoms with Crippen LogP contribution in [0.15, 0.2) is 45.5 Å². The maximum absolute atomic E-state index is 12.6. The number of rotatable bonds is 4. The fraction of sp³-hybridized carbons (Fsp3) is 0.421. The van der Waals surface area contributed by atoms with Crippen molar-refractivity contribution >= 4 is 29.0 Å². The average molecular weight is 359 g/mol. The highest BCUT2D eigenvalue weighted by atomic mass is 32.2. The smallest absolute Gasteiger partial charge is 0.261 e. The second kappa shape index (κ2) is 6.90. The lowest BCUT2D eigenvalue weighted by molar-refractivity contribution is 0.0622. The number of hydrogen-bond donors (Lipinski definition) is 1. The van der Waals surface area contributed by atoms with E-state index in [-0.39, 0.29) is 5.91 Å². The van der Waals surface area contributed by atoms with Crippen LogP contribution in [-0.4, -0.2) is 36.5 Å². The molecule has 0 radical (unpaired) electrons. The normalized spacial score (nSPS) is 25.6. The van der Waals surface area contributed by atoms with Crippen LogP contribution >= 0.6 is 23.1 Å². The summed E-state index contributed by atoms with van der Waals surface area (Å²) in [6, 6.07) is 12.8. The first-order chi connectivity index (χ1) is 11.7. The van der Waals surface area contributed by atoms with Crippen molar-refractivity contribution < 1.29 is 4.79 Å². The van der Waals surface area contributed by atoms with Crippen molar-refractivity contribution in [3.63, 3.8) is 0 Å². The zero-order chi connectivity index (χ0) is 16.5. The summed E-state index contributed by atoms with van der Waals surface area (Å²) < 4.78 is 1.17. The molecule has 2 bridgehead atoms. The molecule has 1 atom stereocenters. The number of thiophene rings is 1. The maximum atomic E-state index is 12.6. The van der Waals surface area contributed by atoms with Crippen LogP contribution in [-0.2, 0) is 0 Å². The quantitative estimate of drug-likeness (QED) is 0.895. The third-order valence-electron chi connectivity index (χ3n) is 4.99. The van der Waals surface area contributed by atoms with Crippen LogP contribution in [0.5, 0.6) is 0 Å². The minimum Gasteiger partial charge on any atom is -0.347 e. The number of piperidine rings is 3. The number of nitrogens with one attached hydrogen (secondary N) is 1. The Morgan fingerprint density at radius 1 is 1.25 bits per heavy atom. The van der Waals surface area contributed by atoms with Gasteiger partial charge in [-0.3, -0.25) is 4.79 Å². The van der Waals surface area contributed by atoms with Gasteiger partial charge in [-0.1, -0.05) is 29.5 Å². The molecule has 1 N–H and O–H groups in total. The highest BCUT2D eigenvalue weighted by molar-refractivity contribution is 8.01. The van der Waals surface area contributed by atoms with Crippen LogP contribution < -0.4 is 5.32 Å². The van der Waals surface area contributed by atoms with Gasteiger partial charge in [0.05, 0.1) is 9.09 Å². The lowest BCUT2D eigenvalue weighted by atomic mass is 9.84.